The molecule has 2 nitrogen and oxygen atoms in total. The summed E-state index contributed by atoms with van der Waals surface area (Å²) in [7, 11) is 0. The summed E-state index contributed by atoms with van der Waals surface area (Å²) in [5.41, 5.74) is 0. The Bertz CT molecular complexity index is 117. The molecular weight excluding hydrogens is 187 g/mol. The highest BCUT2D eigenvalue weighted by Gasteiger charge is 2.10. The molecule has 0 heterocycles. The van der Waals surface area contributed by atoms with E-state index in [0.29, 0.717) is 0 Å². The molecule has 0 amide bonds. The first-order chi connectivity index (χ1) is 5.20. The fourth-order valence-electron chi connectivity index (χ4n) is 0.716. The van der Waals surface area contributed by atoms with E-state index in [-0.39, 0.29) is 23.8 Å². The van der Waals surface area contributed by atoms with E-state index in [1.807, 2.05) is 6.92 Å². The van der Waals surface area contributed by atoms with Crippen LogP contribution in [0.3, 0.4) is 0 Å². The lowest BCUT2D eigenvalue weighted by molar-refractivity contribution is -0.141. The van der Waals surface area contributed by atoms with Gasteiger partial charge in [0, 0.05) is 5.38 Å². The zero-order valence-electron chi connectivity index (χ0n) is 6.48. The van der Waals surface area contributed by atoms with E-state index < -0.39 is 0 Å². The molecule has 66 valence electrons. The Morgan fingerprint density at radius 2 is 2.27 bits per heavy atom. The summed E-state index contributed by atoms with van der Waals surface area (Å²) in [6.07, 6.45) is 2.06. The molecule has 0 rings (SSSR count). The van der Waals surface area contributed by atoms with Crippen molar-refractivity contribution >= 4 is 29.2 Å². The number of carbonyl (C=O) groups excluding carboxylic acids is 1. The lowest BCUT2D eigenvalue weighted by Crippen LogP contribution is -2.10. The highest BCUT2D eigenvalue weighted by atomic mass is 35.5. The maximum Gasteiger partial charge on any atom is 0.308 e. The first kappa shape index (κ1) is 11.1. The van der Waals surface area contributed by atoms with Crippen LogP contribution in [0.4, 0.5) is 0 Å². The van der Waals surface area contributed by atoms with Crippen LogP contribution in [0.2, 0.25) is 0 Å². The van der Waals surface area contributed by atoms with Gasteiger partial charge in [0.2, 0.25) is 0 Å². The van der Waals surface area contributed by atoms with Gasteiger partial charge in [-0.3, -0.25) is 4.79 Å². The molecule has 0 radical (unpaired) electrons. The second-order valence-electron chi connectivity index (χ2n) is 2.22. The number of rotatable bonds is 5. The molecule has 0 aliphatic heterocycles. The molecule has 0 aromatic carbocycles. The lowest BCUT2D eigenvalue weighted by atomic mass is 10.2. The van der Waals surface area contributed by atoms with Gasteiger partial charge in [-0.15, -0.1) is 11.6 Å². The van der Waals surface area contributed by atoms with E-state index in [0.717, 1.165) is 12.8 Å². The van der Waals surface area contributed by atoms with E-state index in [1.165, 1.54) is 0 Å². The molecule has 4 heteroatoms. The van der Waals surface area contributed by atoms with Gasteiger partial charge in [0.1, 0.15) is 0 Å². The number of hydrogen-bond acceptors (Lipinski definition) is 2. The Labute approximate surface area is 76.8 Å². The second-order valence-corrected chi connectivity index (χ2v) is 3.05. The number of esters is 1. The molecule has 0 saturated heterocycles. The van der Waals surface area contributed by atoms with E-state index in [4.69, 9.17) is 23.2 Å². The zero-order chi connectivity index (χ0) is 8.69. The topological polar surface area (TPSA) is 26.3 Å². The molecule has 1 atom stereocenters. The summed E-state index contributed by atoms with van der Waals surface area (Å²) in [4.78, 5) is 10.7. The van der Waals surface area contributed by atoms with Gasteiger partial charge in [-0.1, -0.05) is 24.9 Å². The molecule has 1 unspecified atom stereocenters. The Morgan fingerprint density at radius 3 is 2.73 bits per heavy atom. The minimum absolute atomic E-state index is 0.0887. The van der Waals surface area contributed by atoms with Crippen LogP contribution in [0.25, 0.3) is 0 Å². The van der Waals surface area contributed by atoms with Crippen molar-refractivity contribution in [2.45, 2.75) is 31.6 Å². The van der Waals surface area contributed by atoms with Crippen molar-refractivity contribution in [1.82, 2.24) is 0 Å². The van der Waals surface area contributed by atoms with Crippen molar-refractivity contribution in [2.24, 2.45) is 0 Å². The lowest BCUT2D eigenvalue weighted by Gasteiger charge is -2.05. The maximum atomic E-state index is 10.7. The van der Waals surface area contributed by atoms with E-state index in [2.05, 4.69) is 4.74 Å². The number of hydrogen-bond donors (Lipinski definition) is 0. The van der Waals surface area contributed by atoms with Gasteiger partial charge in [0.05, 0.1) is 6.42 Å². The summed E-state index contributed by atoms with van der Waals surface area (Å²) in [6, 6.07) is -0.0887. The molecular formula is C7H12Cl2O2. The van der Waals surface area contributed by atoms with Crippen LogP contribution >= 0.6 is 23.2 Å². The van der Waals surface area contributed by atoms with Crippen molar-refractivity contribution < 1.29 is 9.53 Å². The Hall–Kier alpha value is 0.0500. The number of carbonyl (C=O) groups is 1. The van der Waals surface area contributed by atoms with E-state index in [1.54, 1.807) is 0 Å². The first-order valence-corrected chi connectivity index (χ1v) is 4.53. The normalized spacial score (nSPS) is 12.6. The van der Waals surface area contributed by atoms with Crippen LogP contribution < -0.4 is 0 Å². The fourth-order valence-corrected chi connectivity index (χ4v) is 1.18. The largest absolute Gasteiger partial charge is 0.449 e. The van der Waals surface area contributed by atoms with Gasteiger partial charge in [0.15, 0.2) is 6.07 Å². The van der Waals surface area contributed by atoms with Crippen LogP contribution in [0.15, 0.2) is 0 Å². The van der Waals surface area contributed by atoms with Crippen molar-refractivity contribution in [1.29, 1.82) is 0 Å². The van der Waals surface area contributed by atoms with Crippen molar-refractivity contribution in [2.75, 3.05) is 6.07 Å². The average molecular weight is 199 g/mol. The number of halogens is 2. The number of alkyl halides is 2. The van der Waals surface area contributed by atoms with Crippen molar-refractivity contribution in [3.8, 4) is 0 Å². The van der Waals surface area contributed by atoms with Gasteiger partial charge < -0.3 is 4.74 Å². The summed E-state index contributed by atoms with van der Waals surface area (Å²) in [5, 5.41) is -0.115. The van der Waals surface area contributed by atoms with Crippen LogP contribution in [-0.2, 0) is 9.53 Å². The summed E-state index contributed by atoms with van der Waals surface area (Å²) in [5.74, 6) is -0.326. The molecule has 0 bridgehead atoms. The molecule has 11 heavy (non-hydrogen) atoms. The monoisotopic (exact) mass is 198 g/mol. The highest BCUT2D eigenvalue weighted by Crippen LogP contribution is 2.10. The minimum Gasteiger partial charge on any atom is -0.449 e. The van der Waals surface area contributed by atoms with Crippen LogP contribution in [0.5, 0.6) is 0 Å². The highest BCUT2D eigenvalue weighted by molar-refractivity contribution is 6.21. The third-order valence-corrected chi connectivity index (χ3v) is 1.69. The maximum absolute atomic E-state index is 10.7. The van der Waals surface area contributed by atoms with Crippen LogP contribution in [-0.4, -0.2) is 17.4 Å². The molecule has 0 spiro atoms. The summed E-state index contributed by atoms with van der Waals surface area (Å²) in [6.45, 7) is 2.02. The van der Waals surface area contributed by atoms with Gasteiger partial charge in [-0.05, 0) is 6.42 Å². The van der Waals surface area contributed by atoms with Crippen LogP contribution in [0, 0.1) is 0 Å². The third kappa shape index (κ3) is 6.45. The van der Waals surface area contributed by atoms with E-state index in [9.17, 15) is 4.79 Å². The van der Waals surface area contributed by atoms with Gasteiger partial charge in [-0.2, -0.15) is 0 Å². The molecule has 0 aromatic heterocycles. The van der Waals surface area contributed by atoms with Gasteiger partial charge in [0.25, 0.3) is 0 Å². The Kier molecular flexibility index (Phi) is 6.77. The minimum atomic E-state index is -0.326. The SMILES string of the molecule is CCCC(Cl)CC(=O)OCCl. The second kappa shape index (κ2) is 6.74. The fraction of sp³-hybridized carbons (Fsp3) is 0.857. The van der Waals surface area contributed by atoms with Crippen molar-refractivity contribution in [3.63, 3.8) is 0 Å². The molecule has 0 aromatic rings. The first-order valence-electron chi connectivity index (χ1n) is 3.56. The smallest absolute Gasteiger partial charge is 0.308 e. The molecule has 0 saturated carbocycles. The van der Waals surface area contributed by atoms with Crippen molar-refractivity contribution in [3.05, 3.63) is 0 Å². The predicted molar refractivity (Wildman–Crippen MR) is 46.0 cm³/mol. The average Bonchev–Trinajstić information content (AvgIpc) is 1.87. The van der Waals surface area contributed by atoms with E-state index >= 15 is 0 Å². The molecule has 0 N–H and O–H groups in total. The third-order valence-electron chi connectivity index (χ3n) is 1.21. The molecule has 0 aliphatic rings. The van der Waals surface area contributed by atoms with Gasteiger partial charge >= 0.3 is 5.97 Å². The predicted octanol–water partition coefficient (Wildman–Crippen LogP) is 2.52. The van der Waals surface area contributed by atoms with Crippen LogP contribution in [0.1, 0.15) is 26.2 Å². The molecule has 0 fully saturated rings. The summed E-state index contributed by atoms with van der Waals surface area (Å²) >= 11 is 10.9. The quantitative estimate of drug-likeness (QED) is 0.502. The molecule has 0 aliphatic carbocycles. The summed E-state index contributed by atoms with van der Waals surface area (Å²) < 4.78 is 4.50. The Morgan fingerprint density at radius 1 is 1.64 bits per heavy atom. The number of ether oxygens (including phenoxy) is 1. The Balaban J connectivity index is 3.40. The standard InChI is InChI=1S/C7H12Cl2O2/c1-2-3-6(9)4-7(10)11-5-8/h6H,2-5H2,1H3. The zero-order valence-corrected chi connectivity index (χ0v) is 7.99. The van der Waals surface area contributed by atoms with Gasteiger partial charge in [-0.25, -0.2) is 0 Å².